The minimum atomic E-state index is -2.01. The minimum absolute atomic E-state index is 0.291. The Balaban J connectivity index is 2.88. The van der Waals surface area contributed by atoms with E-state index in [2.05, 4.69) is 39.3 Å². The molecule has 0 aromatic rings. The first-order chi connectivity index (χ1) is 10.9. The van der Waals surface area contributed by atoms with E-state index in [1.807, 2.05) is 0 Å². The van der Waals surface area contributed by atoms with Crippen LogP contribution in [0.25, 0.3) is 0 Å². The van der Waals surface area contributed by atoms with Crippen LogP contribution in [0.3, 0.4) is 0 Å². The first-order valence-electron chi connectivity index (χ1n) is 8.06. The number of ether oxygens (including phenoxy) is 5. The zero-order valence-electron chi connectivity index (χ0n) is 16.4. The van der Waals surface area contributed by atoms with E-state index >= 15 is 0 Å². The van der Waals surface area contributed by atoms with Gasteiger partial charge in [-0.15, -0.1) is 0 Å². The van der Waals surface area contributed by atoms with Crippen LogP contribution >= 0.6 is 0 Å². The maximum atomic E-state index is 12.9. The summed E-state index contributed by atoms with van der Waals surface area (Å²) in [4.78, 5) is 12.9. The lowest BCUT2D eigenvalue weighted by Gasteiger charge is -2.29. The standard InChI is InChI=1S/C16H30O6Si2/c1-18-15(19-2)14(16(15,20-3)21-4)12(24(8,9)10)11(13(17)22-14)23(5,6)7/h1-10H3. The van der Waals surface area contributed by atoms with E-state index in [-0.39, 0.29) is 5.97 Å². The van der Waals surface area contributed by atoms with E-state index in [4.69, 9.17) is 23.7 Å². The number of methoxy groups -OCH3 is 4. The minimum Gasteiger partial charge on any atom is -0.440 e. The topological polar surface area (TPSA) is 63.2 Å². The summed E-state index contributed by atoms with van der Waals surface area (Å²) in [6, 6.07) is 0. The first kappa shape index (κ1) is 19.8. The molecule has 24 heavy (non-hydrogen) atoms. The van der Waals surface area contributed by atoms with Gasteiger partial charge in [-0.05, 0) is 5.20 Å². The lowest BCUT2D eigenvalue weighted by atomic mass is 10.3. The fourth-order valence-corrected chi connectivity index (χ4v) is 10.4. The molecule has 1 heterocycles. The number of esters is 1. The average molecular weight is 375 g/mol. The van der Waals surface area contributed by atoms with Crippen molar-refractivity contribution in [2.24, 2.45) is 0 Å². The van der Waals surface area contributed by atoms with Gasteiger partial charge < -0.3 is 23.7 Å². The number of carbonyl (C=O) groups excluding carboxylic acids is 1. The predicted octanol–water partition coefficient (Wildman–Crippen LogP) is 2.33. The Morgan fingerprint density at radius 1 is 0.750 bits per heavy atom. The van der Waals surface area contributed by atoms with Crippen molar-refractivity contribution in [2.75, 3.05) is 28.4 Å². The van der Waals surface area contributed by atoms with Crippen molar-refractivity contribution in [1.82, 2.24) is 0 Å². The van der Waals surface area contributed by atoms with E-state index in [9.17, 15) is 4.79 Å². The van der Waals surface area contributed by atoms with Gasteiger partial charge in [-0.1, -0.05) is 39.3 Å². The van der Waals surface area contributed by atoms with Gasteiger partial charge in [-0.25, -0.2) is 4.79 Å². The summed E-state index contributed by atoms with van der Waals surface area (Å²) in [5.41, 5.74) is -1.19. The second kappa shape index (κ2) is 5.49. The Morgan fingerprint density at radius 2 is 1.12 bits per heavy atom. The maximum Gasteiger partial charge on any atom is 0.330 e. The fourth-order valence-electron chi connectivity index (χ4n) is 4.27. The number of carbonyl (C=O) groups is 1. The molecule has 6 nitrogen and oxygen atoms in total. The Kier molecular flexibility index (Phi) is 4.53. The molecule has 1 aliphatic carbocycles. The van der Waals surface area contributed by atoms with Gasteiger partial charge in [-0.2, -0.15) is 0 Å². The summed E-state index contributed by atoms with van der Waals surface area (Å²) in [5.74, 6) is -2.91. The van der Waals surface area contributed by atoms with Crippen LogP contribution in [0, 0.1) is 0 Å². The molecule has 0 aromatic heterocycles. The molecule has 1 spiro atoms. The molecule has 0 amide bonds. The van der Waals surface area contributed by atoms with Gasteiger partial charge in [0, 0.05) is 33.6 Å². The summed E-state index contributed by atoms with van der Waals surface area (Å²) in [6.07, 6.45) is 0. The highest BCUT2D eigenvalue weighted by Gasteiger charge is 3.00. The molecular formula is C16H30O6Si2. The molecule has 2 rings (SSSR count). The van der Waals surface area contributed by atoms with Gasteiger partial charge in [0.25, 0.3) is 11.6 Å². The highest BCUT2D eigenvalue weighted by molar-refractivity contribution is 6.92. The molecule has 0 N–H and O–H groups in total. The predicted molar refractivity (Wildman–Crippen MR) is 96.0 cm³/mol. The SMILES string of the molecule is COC1(OC)C(OC)(OC)C12OC(=O)C([Si](C)(C)C)=C2[Si](C)(C)C. The molecule has 0 atom stereocenters. The van der Waals surface area contributed by atoms with Crippen LogP contribution in [0.4, 0.5) is 0 Å². The van der Waals surface area contributed by atoms with Crippen molar-refractivity contribution in [2.45, 2.75) is 56.5 Å². The monoisotopic (exact) mass is 374 g/mol. The van der Waals surface area contributed by atoms with E-state index in [0.717, 1.165) is 10.4 Å². The average Bonchev–Trinajstić information content (AvgIpc) is 2.74. The Bertz CT molecular complexity index is 558. The van der Waals surface area contributed by atoms with Crippen LogP contribution in [0.5, 0.6) is 0 Å². The molecule has 8 heteroatoms. The van der Waals surface area contributed by atoms with E-state index in [1.54, 1.807) is 0 Å². The summed E-state index contributed by atoms with van der Waals surface area (Å²) >= 11 is 0. The van der Waals surface area contributed by atoms with E-state index in [0.29, 0.717) is 0 Å². The highest BCUT2D eigenvalue weighted by Crippen LogP contribution is 2.72. The fraction of sp³-hybridized carbons (Fsp3) is 0.812. The quantitative estimate of drug-likeness (QED) is 0.404. The van der Waals surface area contributed by atoms with Gasteiger partial charge in [-0.3, -0.25) is 0 Å². The summed E-state index contributed by atoms with van der Waals surface area (Å²) in [6.45, 7) is 13.0. The smallest absolute Gasteiger partial charge is 0.330 e. The zero-order valence-corrected chi connectivity index (χ0v) is 18.4. The summed E-state index contributed by atoms with van der Waals surface area (Å²) in [7, 11) is 2.11. The highest BCUT2D eigenvalue weighted by atomic mass is 28.3. The van der Waals surface area contributed by atoms with Gasteiger partial charge in [0.15, 0.2) is 0 Å². The molecule has 1 fully saturated rings. The lowest BCUT2D eigenvalue weighted by molar-refractivity contribution is -0.254. The van der Waals surface area contributed by atoms with Crippen molar-refractivity contribution in [1.29, 1.82) is 0 Å². The normalized spacial score (nSPS) is 24.5. The Labute approximate surface area is 146 Å². The molecule has 2 aliphatic rings. The van der Waals surface area contributed by atoms with Crippen LogP contribution in [-0.2, 0) is 28.5 Å². The van der Waals surface area contributed by atoms with Crippen molar-refractivity contribution in [3.05, 3.63) is 10.4 Å². The molecule has 138 valence electrons. The van der Waals surface area contributed by atoms with E-state index in [1.165, 1.54) is 28.4 Å². The van der Waals surface area contributed by atoms with Gasteiger partial charge >= 0.3 is 5.97 Å². The first-order valence-corrected chi connectivity index (χ1v) is 15.1. The van der Waals surface area contributed by atoms with Crippen LogP contribution in [0.15, 0.2) is 10.4 Å². The molecule has 1 saturated carbocycles. The third-order valence-electron chi connectivity index (χ3n) is 5.00. The van der Waals surface area contributed by atoms with Crippen molar-refractivity contribution >= 4 is 22.1 Å². The third-order valence-corrected chi connectivity index (χ3v) is 9.31. The number of hydrogen-bond donors (Lipinski definition) is 0. The molecule has 0 saturated heterocycles. The maximum absolute atomic E-state index is 12.9. The zero-order chi connectivity index (χ0) is 18.8. The van der Waals surface area contributed by atoms with Gasteiger partial charge in [0.1, 0.15) is 0 Å². The van der Waals surface area contributed by atoms with Crippen LogP contribution in [-0.4, -0.2) is 67.7 Å². The van der Waals surface area contributed by atoms with Gasteiger partial charge in [0.2, 0.25) is 5.60 Å². The van der Waals surface area contributed by atoms with Crippen molar-refractivity contribution in [3.63, 3.8) is 0 Å². The summed E-state index contributed by atoms with van der Waals surface area (Å²) < 4.78 is 28.9. The summed E-state index contributed by atoms with van der Waals surface area (Å²) in [5, 5.41) is 1.81. The molecule has 0 aromatic carbocycles. The molecule has 0 bridgehead atoms. The molecule has 1 aliphatic heterocycles. The lowest BCUT2D eigenvalue weighted by Crippen LogP contribution is -2.42. The van der Waals surface area contributed by atoms with Crippen LogP contribution in [0.2, 0.25) is 39.3 Å². The second-order valence-electron chi connectivity index (χ2n) is 8.37. The van der Waals surface area contributed by atoms with Crippen LogP contribution in [0.1, 0.15) is 0 Å². The molecule has 0 radical (unpaired) electrons. The Morgan fingerprint density at radius 3 is 1.38 bits per heavy atom. The van der Waals surface area contributed by atoms with Crippen molar-refractivity contribution < 1.29 is 28.5 Å². The van der Waals surface area contributed by atoms with Crippen LogP contribution < -0.4 is 0 Å². The second-order valence-corrected chi connectivity index (χ2v) is 18.4. The third kappa shape index (κ3) is 1.98. The molecular weight excluding hydrogens is 344 g/mol. The largest absolute Gasteiger partial charge is 0.440 e. The van der Waals surface area contributed by atoms with Crippen molar-refractivity contribution in [3.8, 4) is 0 Å². The number of hydrogen-bond acceptors (Lipinski definition) is 6. The van der Waals surface area contributed by atoms with Gasteiger partial charge in [0.05, 0.1) is 16.1 Å². The van der Waals surface area contributed by atoms with E-state index < -0.39 is 33.3 Å². The molecule has 0 unspecified atom stereocenters. The Hall–Kier alpha value is -0.516. The number of rotatable bonds is 6.